The Morgan fingerprint density at radius 3 is 2.53 bits per heavy atom. The van der Waals surface area contributed by atoms with Gasteiger partial charge in [-0.25, -0.2) is 4.79 Å². The van der Waals surface area contributed by atoms with E-state index in [0.29, 0.717) is 23.4 Å². The number of unbranched alkanes of at least 4 members (excludes halogenated alkanes) is 3. The van der Waals surface area contributed by atoms with Crippen LogP contribution in [0.1, 0.15) is 85.8 Å². The first kappa shape index (κ1) is 27.2. The van der Waals surface area contributed by atoms with Crippen LogP contribution in [0.5, 0.6) is 0 Å². The molecule has 1 aliphatic heterocycles. The van der Waals surface area contributed by atoms with Gasteiger partial charge in [-0.1, -0.05) is 68.1 Å². The van der Waals surface area contributed by atoms with Gasteiger partial charge in [0.15, 0.2) is 0 Å². The molecule has 1 unspecified atom stereocenters. The lowest BCUT2D eigenvalue weighted by atomic mass is 9.83. The molecule has 2 aromatic rings. The van der Waals surface area contributed by atoms with E-state index in [-0.39, 0.29) is 37.3 Å². The Hall–Kier alpha value is -3.41. The van der Waals surface area contributed by atoms with Gasteiger partial charge in [-0.3, -0.25) is 9.59 Å². The van der Waals surface area contributed by atoms with Crippen molar-refractivity contribution < 1.29 is 19.1 Å². The second kappa shape index (κ2) is 13.1. The predicted octanol–water partition coefficient (Wildman–Crippen LogP) is 5.66. The van der Waals surface area contributed by atoms with Crippen molar-refractivity contribution in [3.63, 3.8) is 0 Å². The number of hydrogen-bond acceptors (Lipinski definition) is 4. The number of carbonyl (C=O) groups is 3. The van der Waals surface area contributed by atoms with Gasteiger partial charge in [-0.05, 0) is 50.5 Å². The number of aryl methyl sites for hydroxylation is 1. The molecule has 1 aliphatic rings. The summed E-state index contributed by atoms with van der Waals surface area (Å²) in [6.07, 6.45) is 4.58. The predicted molar refractivity (Wildman–Crippen MR) is 141 cm³/mol. The Bertz CT molecular complexity index is 1120. The van der Waals surface area contributed by atoms with Gasteiger partial charge in [0, 0.05) is 30.1 Å². The summed E-state index contributed by atoms with van der Waals surface area (Å²) in [5.74, 6) is -0.914. The van der Waals surface area contributed by atoms with Crippen LogP contribution in [-0.4, -0.2) is 35.8 Å². The minimum absolute atomic E-state index is 0.0576. The lowest BCUT2D eigenvalue weighted by Gasteiger charge is -2.34. The molecule has 3 rings (SSSR count). The summed E-state index contributed by atoms with van der Waals surface area (Å²) >= 11 is 0. The molecule has 0 saturated heterocycles. The summed E-state index contributed by atoms with van der Waals surface area (Å²) in [6, 6.07) is 15.2. The van der Waals surface area contributed by atoms with Crippen LogP contribution >= 0.6 is 0 Å². The first-order valence-electron chi connectivity index (χ1n) is 13.0. The third-order valence-electron chi connectivity index (χ3n) is 6.61. The maximum absolute atomic E-state index is 13.3. The molecule has 192 valence electrons. The highest BCUT2D eigenvalue weighted by atomic mass is 16.5. The van der Waals surface area contributed by atoms with Gasteiger partial charge in [0.05, 0.1) is 18.7 Å². The Morgan fingerprint density at radius 1 is 1.03 bits per heavy atom. The molecule has 6 heteroatoms. The van der Waals surface area contributed by atoms with Crippen molar-refractivity contribution in [2.24, 2.45) is 0 Å². The SMILES string of the molecule is CCCCCCNC(=O)c1cccc(CN2C(=O)CC(c3cccc(C)c3)C(C(=O)OCC)=C2C)c1. The number of nitrogens with zero attached hydrogens (tertiary/aromatic N) is 1. The first-order chi connectivity index (χ1) is 17.3. The summed E-state index contributed by atoms with van der Waals surface area (Å²) in [5, 5.41) is 2.98. The molecule has 0 fully saturated rings. The quantitative estimate of drug-likeness (QED) is 0.326. The van der Waals surface area contributed by atoms with Crippen molar-refractivity contribution in [1.82, 2.24) is 10.2 Å². The van der Waals surface area contributed by atoms with Crippen LogP contribution in [0.15, 0.2) is 59.8 Å². The standard InChI is InChI=1S/C30H38N2O4/c1-5-7-8-9-16-31-29(34)25-15-11-13-23(18-25)20-32-22(4)28(30(35)36-6-2)26(19-27(32)33)24-14-10-12-21(3)17-24/h10-15,17-18,26H,5-9,16,19-20H2,1-4H3,(H,31,34). The Labute approximate surface area is 214 Å². The van der Waals surface area contributed by atoms with Gasteiger partial charge in [-0.2, -0.15) is 0 Å². The summed E-state index contributed by atoms with van der Waals surface area (Å²) in [4.78, 5) is 40.6. The second-order valence-corrected chi connectivity index (χ2v) is 9.39. The van der Waals surface area contributed by atoms with Crippen LogP contribution in [0.4, 0.5) is 0 Å². The number of hydrogen-bond donors (Lipinski definition) is 1. The van der Waals surface area contributed by atoms with Gasteiger partial charge in [0.25, 0.3) is 5.91 Å². The van der Waals surface area contributed by atoms with Crippen LogP contribution < -0.4 is 5.32 Å². The van der Waals surface area contributed by atoms with E-state index in [1.807, 2.05) is 49.4 Å². The topological polar surface area (TPSA) is 75.7 Å². The number of carbonyl (C=O) groups excluding carboxylic acids is 3. The molecule has 1 atom stereocenters. The highest BCUT2D eigenvalue weighted by molar-refractivity contribution is 5.96. The van der Waals surface area contributed by atoms with Gasteiger partial charge in [0.1, 0.15) is 0 Å². The Morgan fingerprint density at radius 2 is 1.81 bits per heavy atom. The van der Waals surface area contributed by atoms with Crippen LogP contribution in [0.2, 0.25) is 0 Å². The lowest BCUT2D eigenvalue weighted by molar-refractivity contribution is -0.140. The maximum atomic E-state index is 13.3. The molecule has 1 N–H and O–H groups in total. The van der Waals surface area contributed by atoms with E-state index < -0.39 is 5.97 Å². The fourth-order valence-corrected chi connectivity index (χ4v) is 4.70. The highest BCUT2D eigenvalue weighted by Crippen LogP contribution is 2.38. The number of allylic oxidation sites excluding steroid dienone is 1. The highest BCUT2D eigenvalue weighted by Gasteiger charge is 2.37. The van der Waals surface area contributed by atoms with Crippen molar-refractivity contribution >= 4 is 17.8 Å². The van der Waals surface area contributed by atoms with E-state index in [4.69, 9.17) is 4.74 Å². The molecular weight excluding hydrogens is 452 g/mol. The number of benzene rings is 2. The van der Waals surface area contributed by atoms with Crippen molar-refractivity contribution in [1.29, 1.82) is 0 Å². The Balaban J connectivity index is 1.83. The van der Waals surface area contributed by atoms with E-state index in [2.05, 4.69) is 12.2 Å². The van der Waals surface area contributed by atoms with Crippen LogP contribution in [-0.2, 0) is 20.9 Å². The van der Waals surface area contributed by atoms with Gasteiger partial charge in [-0.15, -0.1) is 0 Å². The van der Waals surface area contributed by atoms with Crippen LogP contribution in [0.25, 0.3) is 0 Å². The van der Waals surface area contributed by atoms with E-state index >= 15 is 0 Å². The second-order valence-electron chi connectivity index (χ2n) is 9.39. The van der Waals surface area contributed by atoms with Gasteiger partial charge >= 0.3 is 5.97 Å². The van der Waals surface area contributed by atoms with Crippen LogP contribution in [0.3, 0.4) is 0 Å². The monoisotopic (exact) mass is 490 g/mol. The molecule has 0 radical (unpaired) electrons. The molecule has 6 nitrogen and oxygen atoms in total. The average molecular weight is 491 g/mol. The third-order valence-corrected chi connectivity index (χ3v) is 6.61. The largest absolute Gasteiger partial charge is 0.463 e. The molecule has 36 heavy (non-hydrogen) atoms. The third kappa shape index (κ3) is 6.84. The van der Waals surface area contributed by atoms with Gasteiger partial charge in [0.2, 0.25) is 5.91 Å². The van der Waals surface area contributed by atoms with E-state index in [9.17, 15) is 14.4 Å². The van der Waals surface area contributed by atoms with E-state index in [1.165, 1.54) is 6.42 Å². The molecule has 0 spiro atoms. The van der Waals surface area contributed by atoms with Crippen molar-refractivity contribution in [3.05, 3.63) is 82.1 Å². The Kier molecular flexibility index (Phi) is 9.86. The molecule has 2 amide bonds. The minimum Gasteiger partial charge on any atom is -0.463 e. The zero-order valence-corrected chi connectivity index (χ0v) is 21.9. The maximum Gasteiger partial charge on any atom is 0.336 e. The molecule has 1 heterocycles. The smallest absolute Gasteiger partial charge is 0.336 e. The molecule has 0 aliphatic carbocycles. The summed E-state index contributed by atoms with van der Waals surface area (Å²) < 4.78 is 5.39. The summed E-state index contributed by atoms with van der Waals surface area (Å²) in [7, 11) is 0. The molecule has 2 aromatic carbocycles. The van der Waals surface area contributed by atoms with E-state index in [1.54, 1.807) is 24.8 Å². The normalized spacial score (nSPS) is 15.7. The molecule has 0 saturated carbocycles. The summed E-state index contributed by atoms with van der Waals surface area (Å²) in [5.41, 5.74) is 4.52. The number of ether oxygens (including phenoxy) is 1. The first-order valence-corrected chi connectivity index (χ1v) is 13.0. The van der Waals surface area contributed by atoms with Crippen molar-refractivity contribution in [2.75, 3.05) is 13.2 Å². The zero-order chi connectivity index (χ0) is 26.1. The lowest BCUT2D eigenvalue weighted by Crippen LogP contribution is -2.38. The average Bonchev–Trinajstić information content (AvgIpc) is 2.86. The number of nitrogens with one attached hydrogen (secondary N) is 1. The van der Waals surface area contributed by atoms with Crippen LogP contribution in [0, 0.1) is 6.92 Å². The van der Waals surface area contributed by atoms with Gasteiger partial charge < -0.3 is 15.0 Å². The fraction of sp³-hybridized carbons (Fsp3) is 0.433. The fourth-order valence-electron chi connectivity index (χ4n) is 4.70. The van der Waals surface area contributed by atoms with Crippen molar-refractivity contribution in [3.8, 4) is 0 Å². The number of rotatable bonds is 11. The number of esters is 1. The van der Waals surface area contributed by atoms with Crippen molar-refractivity contribution in [2.45, 2.75) is 72.3 Å². The molecular formula is C30H38N2O4. The summed E-state index contributed by atoms with van der Waals surface area (Å²) in [6.45, 7) is 8.94. The van der Waals surface area contributed by atoms with E-state index in [0.717, 1.165) is 36.0 Å². The number of amides is 2. The molecule has 0 bridgehead atoms. The minimum atomic E-state index is -0.393. The molecule has 0 aromatic heterocycles. The zero-order valence-electron chi connectivity index (χ0n) is 21.9.